The Kier molecular flexibility index (Phi) is 4.10. The second kappa shape index (κ2) is 6.46. The molecule has 1 unspecified atom stereocenters. The molecule has 0 saturated carbocycles. The summed E-state index contributed by atoms with van der Waals surface area (Å²) in [5.41, 5.74) is 4.86. The van der Waals surface area contributed by atoms with Crippen LogP contribution in [0.5, 0.6) is 11.5 Å². The van der Waals surface area contributed by atoms with Crippen LogP contribution in [0.3, 0.4) is 0 Å². The highest BCUT2D eigenvalue weighted by Gasteiger charge is 2.20. The number of amides is 1. The third kappa shape index (κ3) is 3.03. The van der Waals surface area contributed by atoms with E-state index in [4.69, 9.17) is 9.47 Å². The summed E-state index contributed by atoms with van der Waals surface area (Å²) in [5.74, 6) is 1.19. The first kappa shape index (κ1) is 17.1. The van der Waals surface area contributed by atoms with Gasteiger partial charge < -0.3 is 14.8 Å². The molecule has 0 saturated heterocycles. The van der Waals surface area contributed by atoms with Crippen LogP contribution in [0.15, 0.2) is 24.3 Å². The number of fused-ring (bicyclic) bond motifs is 1. The van der Waals surface area contributed by atoms with E-state index in [2.05, 4.69) is 20.6 Å². The Labute approximate surface area is 156 Å². The number of nitrogens with one attached hydrogen (secondary N) is 2. The smallest absolute Gasteiger partial charge is 0.269 e. The van der Waals surface area contributed by atoms with Crippen LogP contribution in [-0.4, -0.2) is 32.7 Å². The summed E-state index contributed by atoms with van der Waals surface area (Å²) in [6, 6.07) is 7.20. The molecule has 3 heterocycles. The third-order valence-corrected chi connectivity index (χ3v) is 4.83. The number of H-pyrrole nitrogens is 1. The van der Waals surface area contributed by atoms with Crippen LogP contribution in [0.4, 0.5) is 0 Å². The van der Waals surface area contributed by atoms with Gasteiger partial charge >= 0.3 is 0 Å². The molecule has 1 atom stereocenters. The minimum Gasteiger partial charge on any atom is -0.454 e. The van der Waals surface area contributed by atoms with E-state index in [0.29, 0.717) is 17.1 Å². The van der Waals surface area contributed by atoms with Gasteiger partial charge in [0, 0.05) is 18.3 Å². The van der Waals surface area contributed by atoms with Gasteiger partial charge in [0.2, 0.25) is 6.79 Å². The van der Waals surface area contributed by atoms with Crippen LogP contribution in [0, 0.1) is 13.8 Å². The number of benzene rings is 1. The molecule has 0 fully saturated rings. The van der Waals surface area contributed by atoms with Crippen LogP contribution in [0.2, 0.25) is 0 Å². The minimum atomic E-state index is -0.224. The van der Waals surface area contributed by atoms with Crippen LogP contribution in [0.1, 0.15) is 40.4 Å². The molecule has 8 heteroatoms. The summed E-state index contributed by atoms with van der Waals surface area (Å²) < 4.78 is 12.5. The molecule has 1 aliphatic heterocycles. The number of nitrogens with zero attached hydrogens (tertiary/aromatic N) is 3. The Morgan fingerprint density at radius 3 is 2.78 bits per heavy atom. The maximum atomic E-state index is 12.6. The van der Waals surface area contributed by atoms with Gasteiger partial charge in [0.25, 0.3) is 5.91 Å². The largest absolute Gasteiger partial charge is 0.454 e. The topological polar surface area (TPSA) is 94.1 Å². The minimum absolute atomic E-state index is 0.194. The summed E-state index contributed by atoms with van der Waals surface area (Å²) in [6.07, 6.45) is 0. The Balaban J connectivity index is 1.51. The van der Waals surface area contributed by atoms with Crippen molar-refractivity contribution in [2.24, 2.45) is 7.05 Å². The molecule has 0 radical (unpaired) electrons. The number of aromatic nitrogens is 4. The molecule has 1 aromatic carbocycles. The molecule has 2 N–H and O–H groups in total. The molecule has 8 nitrogen and oxygen atoms in total. The SMILES string of the molecule is Cc1nn(C)c(C)c1-c1cc(C(=O)NC(C)c2ccc3c(c2)OCO3)[nH]n1. The molecule has 1 amide bonds. The van der Waals surface area contributed by atoms with Crippen molar-refractivity contribution < 1.29 is 14.3 Å². The predicted octanol–water partition coefficient (Wildman–Crippen LogP) is 2.65. The summed E-state index contributed by atoms with van der Waals surface area (Å²) in [5, 5.41) is 14.5. The molecule has 3 aromatic rings. The van der Waals surface area contributed by atoms with Gasteiger partial charge in [-0.2, -0.15) is 10.2 Å². The zero-order chi connectivity index (χ0) is 19.1. The number of carbonyl (C=O) groups excluding carboxylic acids is 1. The van der Waals surface area contributed by atoms with Crippen molar-refractivity contribution in [3.63, 3.8) is 0 Å². The molecule has 0 spiro atoms. The van der Waals surface area contributed by atoms with Gasteiger partial charge in [-0.15, -0.1) is 0 Å². The molecule has 0 aliphatic carbocycles. The number of ether oxygens (including phenoxy) is 2. The third-order valence-electron chi connectivity index (χ3n) is 4.83. The zero-order valence-corrected chi connectivity index (χ0v) is 15.7. The maximum absolute atomic E-state index is 12.6. The standard InChI is InChI=1S/C19H21N5O3/c1-10(13-5-6-16-17(7-13)27-9-26-16)20-19(25)15-8-14(21-22-15)18-11(2)23-24(4)12(18)3/h5-8,10H,9H2,1-4H3,(H,20,25)(H,21,22). The first-order valence-electron chi connectivity index (χ1n) is 8.70. The van der Waals surface area contributed by atoms with Crippen LogP contribution >= 0.6 is 0 Å². The molecular weight excluding hydrogens is 346 g/mol. The Bertz CT molecular complexity index is 1020. The lowest BCUT2D eigenvalue weighted by Gasteiger charge is -2.14. The highest BCUT2D eigenvalue weighted by atomic mass is 16.7. The average molecular weight is 367 g/mol. The first-order valence-corrected chi connectivity index (χ1v) is 8.70. The van der Waals surface area contributed by atoms with Crippen molar-refractivity contribution in [2.75, 3.05) is 6.79 Å². The predicted molar refractivity (Wildman–Crippen MR) is 98.7 cm³/mol. The average Bonchev–Trinajstić information content (AvgIpc) is 3.34. The molecule has 27 heavy (non-hydrogen) atoms. The van der Waals surface area contributed by atoms with Crippen LogP contribution in [-0.2, 0) is 7.05 Å². The summed E-state index contributed by atoms with van der Waals surface area (Å²) in [4.78, 5) is 12.6. The van der Waals surface area contributed by atoms with Gasteiger partial charge in [-0.1, -0.05) is 6.07 Å². The van der Waals surface area contributed by atoms with Gasteiger partial charge in [0.05, 0.1) is 17.4 Å². The first-order chi connectivity index (χ1) is 12.9. The van der Waals surface area contributed by atoms with E-state index in [1.165, 1.54) is 0 Å². The monoisotopic (exact) mass is 367 g/mol. The molecule has 0 bridgehead atoms. The van der Waals surface area contributed by atoms with E-state index >= 15 is 0 Å². The van der Waals surface area contributed by atoms with Gasteiger partial charge in [-0.3, -0.25) is 14.6 Å². The Morgan fingerprint density at radius 1 is 1.26 bits per heavy atom. The van der Waals surface area contributed by atoms with Crippen LogP contribution < -0.4 is 14.8 Å². The summed E-state index contributed by atoms with van der Waals surface area (Å²) >= 11 is 0. The normalized spacial score (nSPS) is 13.6. The van der Waals surface area contributed by atoms with E-state index in [-0.39, 0.29) is 18.7 Å². The van der Waals surface area contributed by atoms with Crippen molar-refractivity contribution in [3.8, 4) is 22.8 Å². The zero-order valence-electron chi connectivity index (χ0n) is 15.7. The summed E-state index contributed by atoms with van der Waals surface area (Å²) in [7, 11) is 1.89. The number of hydrogen-bond acceptors (Lipinski definition) is 5. The van der Waals surface area contributed by atoms with Gasteiger partial charge in [0.15, 0.2) is 11.5 Å². The lowest BCUT2D eigenvalue weighted by molar-refractivity contribution is 0.0934. The second-order valence-corrected chi connectivity index (χ2v) is 6.64. The molecule has 2 aromatic heterocycles. The van der Waals surface area contributed by atoms with Gasteiger partial charge in [-0.05, 0) is 44.5 Å². The molecular formula is C19H21N5O3. The molecule has 4 rings (SSSR count). The lowest BCUT2D eigenvalue weighted by Crippen LogP contribution is -2.26. The lowest BCUT2D eigenvalue weighted by atomic mass is 10.1. The van der Waals surface area contributed by atoms with E-state index in [0.717, 1.165) is 28.3 Å². The number of aryl methyl sites for hydroxylation is 2. The fourth-order valence-corrected chi connectivity index (χ4v) is 3.25. The Hall–Kier alpha value is -3.29. The fourth-order valence-electron chi connectivity index (χ4n) is 3.25. The number of carbonyl (C=O) groups is 1. The highest BCUT2D eigenvalue weighted by molar-refractivity contribution is 5.93. The van der Waals surface area contributed by atoms with Crippen molar-refractivity contribution in [2.45, 2.75) is 26.8 Å². The van der Waals surface area contributed by atoms with E-state index in [1.54, 1.807) is 10.7 Å². The quantitative estimate of drug-likeness (QED) is 0.739. The maximum Gasteiger partial charge on any atom is 0.269 e. The van der Waals surface area contributed by atoms with E-state index < -0.39 is 0 Å². The van der Waals surface area contributed by atoms with Crippen LogP contribution in [0.25, 0.3) is 11.3 Å². The highest BCUT2D eigenvalue weighted by Crippen LogP contribution is 2.34. The van der Waals surface area contributed by atoms with Gasteiger partial charge in [0.1, 0.15) is 5.69 Å². The van der Waals surface area contributed by atoms with Crippen molar-refractivity contribution in [3.05, 3.63) is 46.9 Å². The van der Waals surface area contributed by atoms with Gasteiger partial charge in [-0.25, -0.2) is 0 Å². The van der Waals surface area contributed by atoms with E-state index in [9.17, 15) is 4.79 Å². The van der Waals surface area contributed by atoms with Crippen molar-refractivity contribution >= 4 is 5.91 Å². The van der Waals surface area contributed by atoms with Crippen molar-refractivity contribution in [1.82, 2.24) is 25.3 Å². The van der Waals surface area contributed by atoms with Crippen molar-refractivity contribution in [1.29, 1.82) is 0 Å². The second-order valence-electron chi connectivity index (χ2n) is 6.64. The van der Waals surface area contributed by atoms with E-state index in [1.807, 2.05) is 46.0 Å². The number of aromatic amines is 1. The number of rotatable bonds is 4. The Morgan fingerprint density at radius 2 is 2.04 bits per heavy atom. The molecule has 140 valence electrons. The molecule has 1 aliphatic rings. The number of hydrogen-bond donors (Lipinski definition) is 2. The fraction of sp³-hybridized carbons (Fsp3) is 0.316. The summed E-state index contributed by atoms with van der Waals surface area (Å²) in [6.45, 7) is 6.05.